The van der Waals surface area contributed by atoms with E-state index in [0.717, 1.165) is 35.4 Å². The third-order valence-electron chi connectivity index (χ3n) is 5.34. The van der Waals surface area contributed by atoms with Gasteiger partial charge in [-0.3, -0.25) is 9.59 Å². The number of methoxy groups -OCH3 is 1. The molecule has 0 saturated heterocycles. The van der Waals surface area contributed by atoms with Gasteiger partial charge in [0.2, 0.25) is 11.8 Å². The first-order chi connectivity index (χ1) is 14.1. The van der Waals surface area contributed by atoms with E-state index in [1.54, 1.807) is 13.2 Å². The van der Waals surface area contributed by atoms with Gasteiger partial charge in [-0.15, -0.1) is 0 Å². The Balaban J connectivity index is 1.37. The number of carbonyl (C=O) groups is 2. The minimum absolute atomic E-state index is 0.0463. The summed E-state index contributed by atoms with van der Waals surface area (Å²) in [5.41, 5.74) is 2.80. The highest BCUT2D eigenvalue weighted by atomic mass is 16.5. The highest BCUT2D eigenvalue weighted by Crippen LogP contribution is 2.33. The van der Waals surface area contributed by atoms with Crippen molar-refractivity contribution in [2.45, 2.75) is 32.2 Å². The van der Waals surface area contributed by atoms with Crippen molar-refractivity contribution >= 4 is 17.5 Å². The number of nitrogens with one attached hydrogen (secondary N) is 1. The molecule has 6 nitrogen and oxygen atoms in total. The first-order valence-electron chi connectivity index (χ1n) is 10.1. The summed E-state index contributed by atoms with van der Waals surface area (Å²) in [7, 11) is 1.60. The summed E-state index contributed by atoms with van der Waals surface area (Å²) in [4.78, 5) is 26.7. The number of aryl methyl sites for hydroxylation is 1. The Morgan fingerprint density at radius 3 is 2.86 bits per heavy atom. The SMILES string of the molecule is COc1cccc(NC(=O)CCc2ccc3c(c2)CN(C(=O)C2CC2)CCO3)c1. The van der Waals surface area contributed by atoms with Crippen molar-refractivity contribution in [3.8, 4) is 11.5 Å². The Morgan fingerprint density at radius 2 is 2.07 bits per heavy atom. The van der Waals surface area contributed by atoms with E-state index in [-0.39, 0.29) is 17.7 Å². The molecular formula is C23H26N2O4. The maximum Gasteiger partial charge on any atom is 0.226 e. The van der Waals surface area contributed by atoms with Crippen molar-refractivity contribution < 1.29 is 19.1 Å². The zero-order valence-electron chi connectivity index (χ0n) is 16.6. The summed E-state index contributed by atoms with van der Waals surface area (Å²) in [6.45, 7) is 1.73. The third-order valence-corrected chi connectivity index (χ3v) is 5.34. The van der Waals surface area contributed by atoms with Crippen LogP contribution in [-0.4, -0.2) is 37.0 Å². The summed E-state index contributed by atoms with van der Waals surface area (Å²) < 4.78 is 11.0. The first kappa shape index (κ1) is 19.3. The maximum atomic E-state index is 12.5. The second-order valence-electron chi connectivity index (χ2n) is 7.60. The summed E-state index contributed by atoms with van der Waals surface area (Å²) >= 11 is 0. The molecule has 4 rings (SSSR count). The number of ether oxygens (including phenoxy) is 2. The van der Waals surface area contributed by atoms with Crippen LogP contribution in [0, 0.1) is 5.92 Å². The first-order valence-corrected chi connectivity index (χ1v) is 10.1. The topological polar surface area (TPSA) is 67.9 Å². The molecule has 0 bridgehead atoms. The Morgan fingerprint density at radius 1 is 1.21 bits per heavy atom. The van der Waals surface area contributed by atoms with Gasteiger partial charge in [-0.1, -0.05) is 18.2 Å². The van der Waals surface area contributed by atoms with Gasteiger partial charge in [0.25, 0.3) is 0 Å². The number of benzene rings is 2. The summed E-state index contributed by atoms with van der Waals surface area (Å²) in [5, 5.41) is 2.90. The van der Waals surface area contributed by atoms with Gasteiger partial charge in [-0.2, -0.15) is 0 Å². The predicted octanol–water partition coefficient (Wildman–Crippen LogP) is 3.40. The van der Waals surface area contributed by atoms with E-state index in [0.29, 0.717) is 38.3 Å². The van der Waals surface area contributed by atoms with Crippen LogP contribution in [-0.2, 0) is 22.6 Å². The normalized spacial score (nSPS) is 15.7. The van der Waals surface area contributed by atoms with Crippen LogP contribution in [0.1, 0.15) is 30.4 Å². The molecule has 29 heavy (non-hydrogen) atoms. The molecule has 1 aliphatic carbocycles. The monoisotopic (exact) mass is 394 g/mol. The maximum absolute atomic E-state index is 12.5. The molecule has 1 fully saturated rings. The summed E-state index contributed by atoms with van der Waals surface area (Å²) in [5.74, 6) is 1.94. The van der Waals surface area contributed by atoms with E-state index in [1.165, 1.54) is 0 Å². The largest absolute Gasteiger partial charge is 0.497 e. The van der Waals surface area contributed by atoms with E-state index < -0.39 is 0 Å². The van der Waals surface area contributed by atoms with E-state index in [4.69, 9.17) is 9.47 Å². The minimum Gasteiger partial charge on any atom is -0.497 e. The van der Waals surface area contributed by atoms with Gasteiger partial charge in [-0.25, -0.2) is 0 Å². The Kier molecular flexibility index (Phi) is 5.69. The van der Waals surface area contributed by atoms with Crippen molar-refractivity contribution in [2.75, 3.05) is 25.6 Å². The van der Waals surface area contributed by atoms with Gasteiger partial charge in [0, 0.05) is 36.2 Å². The van der Waals surface area contributed by atoms with Crippen molar-refractivity contribution in [3.05, 3.63) is 53.6 Å². The fraction of sp³-hybridized carbons (Fsp3) is 0.391. The number of fused-ring (bicyclic) bond motifs is 1. The van der Waals surface area contributed by atoms with Crippen LogP contribution in [0.25, 0.3) is 0 Å². The number of carbonyl (C=O) groups excluding carboxylic acids is 2. The van der Waals surface area contributed by atoms with E-state index in [2.05, 4.69) is 11.4 Å². The number of hydrogen-bond acceptors (Lipinski definition) is 4. The van der Waals surface area contributed by atoms with Gasteiger partial charge in [0.15, 0.2) is 0 Å². The van der Waals surface area contributed by atoms with Gasteiger partial charge in [-0.05, 0) is 43.0 Å². The lowest BCUT2D eigenvalue weighted by atomic mass is 10.0. The van der Waals surface area contributed by atoms with E-state index in [1.807, 2.05) is 35.2 Å². The van der Waals surface area contributed by atoms with Crippen LogP contribution in [0.3, 0.4) is 0 Å². The van der Waals surface area contributed by atoms with Crippen LogP contribution in [0.4, 0.5) is 5.69 Å². The van der Waals surface area contributed by atoms with Crippen molar-refractivity contribution in [2.24, 2.45) is 5.92 Å². The molecule has 2 aromatic carbocycles. The van der Waals surface area contributed by atoms with Crippen LogP contribution in [0.15, 0.2) is 42.5 Å². The van der Waals surface area contributed by atoms with E-state index >= 15 is 0 Å². The molecule has 1 saturated carbocycles. The Labute approximate surface area is 170 Å². The quantitative estimate of drug-likeness (QED) is 0.815. The molecule has 0 radical (unpaired) electrons. The van der Waals surface area contributed by atoms with Crippen LogP contribution < -0.4 is 14.8 Å². The molecule has 0 spiro atoms. The molecule has 0 aromatic heterocycles. The zero-order valence-corrected chi connectivity index (χ0v) is 16.6. The molecule has 2 aliphatic rings. The van der Waals surface area contributed by atoms with Gasteiger partial charge >= 0.3 is 0 Å². The van der Waals surface area contributed by atoms with Crippen LogP contribution in [0.2, 0.25) is 0 Å². The smallest absolute Gasteiger partial charge is 0.226 e. The van der Waals surface area contributed by atoms with Crippen molar-refractivity contribution in [1.29, 1.82) is 0 Å². The lowest BCUT2D eigenvalue weighted by Crippen LogP contribution is -2.33. The molecule has 0 unspecified atom stereocenters. The molecule has 0 atom stereocenters. The molecule has 1 aliphatic heterocycles. The highest BCUT2D eigenvalue weighted by Gasteiger charge is 2.34. The molecule has 2 amide bonds. The van der Waals surface area contributed by atoms with Gasteiger partial charge < -0.3 is 19.7 Å². The third kappa shape index (κ3) is 4.88. The molecule has 1 heterocycles. The van der Waals surface area contributed by atoms with Crippen LogP contribution in [0.5, 0.6) is 11.5 Å². The second kappa shape index (κ2) is 8.55. The standard InChI is InChI=1S/C23H26N2O4/c1-28-20-4-2-3-19(14-20)24-22(26)10-6-16-5-9-21-18(13-16)15-25(11-12-29-21)23(27)17-7-8-17/h2-5,9,13-14,17H,6-8,10-12,15H2,1H3,(H,24,26). The fourth-order valence-electron chi connectivity index (χ4n) is 3.56. The molecule has 152 valence electrons. The van der Waals surface area contributed by atoms with E-state index in [9.17, 15) is 9.59 Å². The number of amides is 2. The minimum atomic E-state index is -0.0463. The fourth-order valence-corrected chi connectivity index (χ4v) is 3.56. The van der Waals surface area contributed by atoms with Crippen molar-refractivity contribution in [3.63, 3.8) is 0 Å². The highest BCUT2D eigenvalue weighted by molar-refractivity contribution is 5.91. The average molecular weight is 394 g/mol. The lowest BCUT2D eigenvalue weighted by molar-refractivity contribution is -0.133. The van der Waals surface area contributed by atoms with Crippen molar-refractivity contribution in [1.82, 2.24) is 4.90 Å². The Bertz CT molecular complexity index is 908. The Hall–Kier alpha value is -3.02. The average Bonchev–Trinajstić information content (AvgIpc) is 3.58. The number of nitrogens with zero attached hydrogens (tertiary/aromatic N) is 1. The van der Waals surface area contributed by atoms with Crippen LogP contribution >= 0.6 is 0 Å². The second-order valence-corrected chi connectivity index (χ2v) is 7.60. The molecule has 6 heteroatoms. The number of rotatable bonds is 6. The molecule has 2 aromatic rings. The number of anilines is 1. The number of hydrogen-bond donors (Lipinski definition) is 1. The lowest BCUT2D eigenvalue weighted by Gasteiger charge is -2.19. The summed E-state index contributed by atoms with van der Waals surface area (Å²) in [6.07, 6.45) is 3.01. The summed E-state index contributed by atoms with van der Waals surface area (Å²) in [6, 6.07) is 13.3. The molecular weight excluding hydrogens is 368 g/mol. The van der Waals surface area contributed by atoms with Gasteiger partial charge in [0.1, 0.15) is 18.1 Å². The molecule has 1 N–H and O–H groups in total. The van der Waals surface area contributed by atoms with Gasteiger partial charge in [0.05, 0.1) is 13.7 Å². The predicted molar refractivity (Wildman–Crippen MR) is 110 cm³/mol. The zero-order chi connectivity index (χ0) is 20.2.